The zero-order valence-corrected chi connectivity index (χ0v) is 15.0. The predicted octanol–water partition coefficient (Wildman–Crippen LogP) is 4.44. The molecule has 0 amide bonds. The predicted molar refractivity (Wildman–Crippen MR) is 97.3 cm³/mol. The number of hydrogen-bond acceptors (Lipinski definition) is 4. The first-order valence-electron chi connectivity index (χ1n) is 8.01. The van der Waals surface area contributed by atoms with Crippen LogP contribution in [-0.4, -0.2) is 22.2 Å². The summed E-state index contributed by atoms with van der Waals surface area (Å²) in [4.78, 5) is 16.3. The van der Waals surface area contributed by atoms with Gasteiger partial charge in [-0.05, 0) is 38.5 Å². The number of halogens is 1. The Kier molecular flexibility index (Phi) is 4.68. The quantitative estimate of drug-likeness (QED) is 0.845. The molecule has 3 rings (SSSR count). The lowest BCUT2D eigenvalue weighted by Crippen LogP contribution is -2.24. The number of nitrogens with one attached hydrogen (secondary N) is 1. The van der Waals surface area contributed by atoms with Crippen molar-refractivity contribution in [1.29, 1.82) is 0 Å². The average Bonchev–Trinajstić information content (AvgIpc) is 2.53. The topological polar surface area (TPSA) is 71.5 Å². The number of carbonyl (C=O) groups is 1. The molecular formula is C19H19ClN2O3. The van der Waals surface area contributed by atoms with Crippen molar-refractivity contribution in [3.05, 3.63) is 63.9 Å². The number of rotatable bonds is 4. The van der Waals surface area contributed by atoms with Crippen LogP contribution in [0.15, 0.2) is 47.8 Å². The molecule has 130 valence electrons. The Morgan fingerprint density at radius 1 is 1.32 bits per heavy atom. The molecule has 1 aliphatic rings. The number of aromatic nitrogens is 1. The van der Waals surface area contributed by atoms with Gasteiger partial charge in [-0.25, -0.2) is 9.78 Å². The van der Waals surface area contributed by atoms with E-state index in [-0.39, 0.29) is 11.7 Å². The van der Waals surface area contributed by atoms with E-state index >= 15 is 0 Å². The van der Waals surface area contributed by atoms with Crippen molar-refractivity contribution in [2.75, 3.05) is 5.32 Å². The lowest BCUT2D eigenvalue weighted by atomic mass is 9.81. The van der Waals surface area contributed by atoms with E-state index in [2.05, 4.69) is 10.3 Å². The van der Waals surface area contributed by atoms with Crippen LogP contribution in [-0.2, 0) is 4.79 Å². The Bertz CT molecular complexity index is 861. The molecule has 2 aromatic rings. The van der Waals surface area contributed by atoms with Crippen LogP contribution in [0.4, 0.5) is 5.69 Å². The second kappa shape index (κ2) is 6.76. The van der Waals surface area contributed by atoms with Gasteiger partial charge >= 0.3 is 5.97 Å². The molecule has 1 aliphatic heterocycles. The molecule has 0 fully saturated rings. The Hall–Kier alpha value is -2.53. The zero-order valence-electron chi connectivity index (χ0n) is 14.2. The van der Waals surface area contributed by atoms with Gasteiger partial charge in [-0.15, -0.1) is 0 Å². The van der Waals surface area contributed by atoms with Crippen molar-refractivity contribution in [3.63, 3.8) is 0 Å². The number of aliphatic carboxylic acids is 1. The number of carboxylic acids is 1. The third kappa shape index (κ3) is 3.20. The van der Waals surface area contributed by atoms with Gasteiger partial charge in [0.25, 0.3) is 0 Å². The Labute approximate surface area is 151 Å². The van der Waals surface area contributed by atoms with Crippen LogP contribution in [0.2, 0.25) is 5.02 Å². The molecule has 6 heteroatoms. The second-order valence-electron chi connectivity index (χ2n) is 6.17. The SMILES string of the molecule is CC1=C(C(=O)O)C(c2ccccc2Cl)c2c(ccnc2OC(C)C)N1. The molecule has 1 aromatic carbocycles. The fraction of sp³-hybridized carbons (Fsp3) is 0.263. The van der Waals surface area contributed by atoms with Crippen LogP contribution in [0.3, 0.4) is 0 Å². The highest BCUT2D eigenvalue weighted by Gasteiger charge is 2.36. The van der Waals surface area contributed by atoms with E-state index in [1.54, 1.807) is 19.2 Å². The van der Waals surface area contributed by atoms with Gasteiger partial charge in [0, 0.05) is 22.6 Å². The summed E-state index contributed by atoms with van der Waals surface area (Å²) in [6.07, 6.45) is 1.55. The summed E-state index contributed by atoms with van der Waals surface area (Å²) in [5.41, 5.74) is 2.99. The summed E-state index contributed by atoms with van der Waals surface area (Å²) in [5, 5.41) is 13.5. The molecule has 2 N–H and O–H groups in total. The number of ether oxygens (including phenoxy) is 1. The highest BCUT2D eigenvalue weighted by atomic mass is 35.5. The monoisotopic (exact) mass is 358 g/mol. The fourth-order valence-corrected chi connectivity index (χ4v) is 3.34. The largest absolute Gasteiger partial charge is 0.478 e. The lowest BCUT2D eigenvalue weighted by Gasteiger charge is -2.31. The van der Waals surface area contributed by atoms with E-state index in [4.69, 9.17) is 16.3 Å². The maximum absolute atomic E-state index is 12.0. The van der Waals surface area contributed by atoms with Gasteiger partial charge in [-0.3, -0.25) is 0 Å². The van der Waals surface area contributed by atoms with Crippen molar-refractivity contribution in [3.8, 4) is 5.88 Å². The number of benzene rings is 1. The normalized spacial score (nSPS) is 16.4. The third-order valence-electron chi connectivity index (χ3n) is 4.05. The van der Waals surface area contributed by atoms with Crippen LogP contribution in [0, 0.1) is 0 Å². The highest BCUT2D eigenvalue weighted by molar-refractivity contribution is 6.31. The number of hydrogen-bond donors (Lipinski definition) is 2. The average molecular weight is 359 g/mol. The van der Waals surface area contributed by atoms with E-state index in [0.29, 0.717) is 27.7 Å². The summed E-state index contributed by atoms with van der Waals surface area (Å²) >= 11 is 6.40. The van der Waals surface area contributed by atoms with Crippen LogP contribution >= 0.6 is 11.6 Å². The molecule has 1 atom stereocenters. The molecule has 0 saturated carbocycles. The van der Waals surface area contributed by atoms with E-state index in [0.717, 1.165) is 5.69 Å². The molecular weight excluding hydrogens is 340 g/mol. The van der Waals surface area contributed by atoms with Crippen LogP contribution in [0.25, 0.3) is 0 Å². The molecule has 0 bridgehead atoms. The number of fused-ring (bicyclic) bond motifs is 1. The number of anilines is 1. The Morgan fingerprint density at radius 2 is 2.04 bits per heavy atom. The summed E-state index contributed by atoms with van der Waals surface area (Å²) in [7, 11) is 0. The van der Waals surface area contributed by atoms with Crippen molar-refractivity contribution >= 4 is 23.3 Å². The highest BCUT2D eigenvalue weighted by Crippen LogP contribution is 2.47. The van der Waals surface area contributed by atoms with Crippen LogP contribution < -0.4 is 10.1 Å². The summed E-state index contributed by atoms with van der Waals surface area (Å²) < 4.78 is 5.86. The Balaban J connectivity index is 2.29. The fourth-order valence-electron chi connectivity index (χ4n) is 3.09. The summed E-state index contributed by atoms with van der Waals surface area (Å²) in [5.74, 6) is -1.15. The van der Waals surface area contributed by atoms with Gasteiger partial charge in [0.2, 0.25) is 5.88 Å². The first-order chi connectivity index (χ1) is 11.9. The molecule has 0 radical (unpaired) electrons. The molecule has 1 unspecified atom stereocenters. The van der Waals surface area contributed by atoms with E-state index in [1.807, 2.05) is 38.1 Å². The Morgan fingerprint density at radius 3 is 2.68 bits per heavy atom. The van der Waals surface area contributed by atoms with Crippen molar-refractivity contribution in [2.24, 2.45) is 0 Å². The minimum atomic E-state index is -1.00. The van der Waals surface area contributed by atoms with Gasteiger partial charge in [0.1, 0.15) is 0 Å². The molecule has 0 spiro atoms. The minimum absolute atomic E-state index is 0.0915. The number of carboxylic acid groups (broad SMARTS) is 1. The molecule has 2 heterocycles. The number of allylic oxidation sites excluding steroid dienone is 1. The first kappa shape index (κ1) is 17.3. The molecule has 25 heavy (non-hydrogen) atoms. The first-order valence-corrected chi connectivity index (χ1v) is 8.39. The standard InChI is InChI=1S/C19H19ClN2O3/c1-10(2)25-18-17-14(8-9-21-18)22-11(3)15(19(23)24)16(17)12-6-4-5-7-13(12)20/h4-10,16,22H,1-3H3,(H,23,24). The smallest absolute Gasteiger partial charge is 0.334 e. The maximum Gasteiger partial charge on any atom is 0.334 e. The molecule has 1 aromatic heterocycles. The number of pyridine rings is 1. The second-order valence-corrected chi connectivity index (χ2v) is 6.57. The molecule has 0 saturated heterocycles. The van der Waals surface area contributed by atoms with Crippen LogP contribution in [0.5, 0.6) is 5.88 Å². The number of nitrogens with zero attached hydrogens (tertiary/aromatic N) is 1. The van der Waals surface area contributed by atoms with E-state index in [1.165, 1.54) is 0 Å². The molecule has 0 aliphatic carbocycles. The van der Waals surface area contributed by atoms with Crippen molar-refractivity contribution in [1.82, 2.24) is 4.98 Å². The van der Waals surface area contributed by atoms with Crippen molar-refractivity contribution in [2.45, 2.75) is 32.8 Å². The van der Waals surface area contributed by atoms with Crippen molar-refractivity contribution < 1.29 is 14.6 Å². The third-order valence-corrected chi connectivity index (χ3v) is 4.40. The van der Waals surface area contributed by atoms with E-state index in [9.17, 15) is 9.90 Å². The van der Waals surface area contributed by atoms with Gasteiger partial charge < -0.3 is 15.2 Å². The van der Waals surface area contributed by atoms with Gasteiger partial charge in [-0.2, -0.15) is 0 Å². The summed E-state index contributed by atoms with van der Waals surface area (Å²) in [6, 6.07) is 9.07. The van der Waals surface area contributed by atoms with Gasteiger partial charge in [-0.1, -0.05) is 29.8 Å². The van der Waals surface area contributed by atoms with Gasteiger partial charge in [0.15, 0.2) is 0 Å². The van der Waals surface area contributed by atoms with E-state index < -0.39 is 11.9 Å². The lowest BCUT2D eigenvalue weighted by molar-refractivity contribution is -0.132. The maximum atomic E-state index is 12.0. The minimum Gasteiger partial charge on any atom is -0.478 e. The summed E-state index contributed by atoms with van der Waals surface area (Å²) in [6.45, 7) is 5.56. The van der Waals surface area contributed by atoms with Crippen LogP contribution in [0.1, 0.15) is 37.8 Å². The van der Waals surface area contributed by atoms with Gasteiger partial charge in [0.05, 0.1) is 23.2 Å². The zero-order chi connectivity index (χ0) is 18.1. The molecule has 5 nitrogen and oxygen atoms in total.